The number of hydrogen-bond donors (Lipinski definition) is 0. The summed E-state index contributed by atoms with van der Waals surface area (Å²) in [6.45, 7) is 7.59. The monoisotopic (exact) mass is 235 g/mol. The molecule has 0 aromatic heterocycles. The van der Waals surface area contributed by atoms with Crippen molar-refractivity contribution in [2.45, 2.75) is 20.8 Å². The van der Waals surface area contributed by atoms with Crippen LogP contribution in [-0.2, 0) is 0 Å². The van der Waals surface area contributed by atoms with Crippen LogP contribution >= 0.6 is 0 Å². The number of carbonyl (C=O) groups excluding carboxylic acids is 1. The maximum atomic E-state index is 13.7. The zero-order valence-corrected chi connectivity index (χ0v) is 10.5. The predicted molar refractivity (Wildman–Crippen MR) is 66.9 cm³/mol. The number of hydrogen-bond acceptors (Lipinski definition) is 2. The lowest BCUT2D eigenvalue weighted by Gasteiger charge is -2.21. The van der Waals surface area contributed by atoms with E-state index in [0.29, 0.717) is 11.8 Å². The van der Waals surface area contributed by atoms with Crippen molar-refractivity contribution in [2.24, 2.45) is 11.8 Å². The Morgan fingerprint density at radius 2 is 1.88 bits per heavy atom. The first-order valence-corrected chi connectivity index (χ1v) is 6.05. The Morgan fingerprint density at radius 1 is 1.29 bits per heavy atom. The van der Waals surface area contributed by atoms with Gasteiger partial charge in [-0.25, -0.2) is 4.39 Å². The summed E-state index contributed by atoms with van der Waals surface area (Å²) in [4.78, 5) is 13.7. The summed E-state index contributed by atoms with van der Waals surface area (Å²) >= 11 is 0. The van der Waals surface area contributed by atoms with Crippen LogP contribution in [0.25, 0.3) is 0 Å². The fourth-order valence-corrected chi connectivity index (χ4v) is 2.45. The van der Waals surface area contributed by atoms with Crippen molar-refractivity contribution in [3.05, 3.63) is 29.6 Å². The van der Waals surface area contributed by atoms with Crippen LogP contribution in [-0.4, -0.2) is 18.9 Å². The predicted octanol–water partition coefficient (Wildman–Crippen LogP) is 3.12. The lowest BCUT2D eigenvalue weighted by atomic mass is 10.0. The van der Waals surface area contributed by atoms with E-state index in [0.717, 1.165) is 18.8 Å². The van der Waals surface area contributed by atoms with Gasteiger partial charge in [-0.1, -0.05) is 19.9 Å². The fourth-order valence-electron chi connectivity index (χ4n) is 2.45. The van der Waals surface area contributed by atoms with E-state index in [1.165, 1.54) is 13.0 Å². The molecule has 2 nitrogen and oxygen atoms in total. The van der Waals surface area contributed by atoms with Gasteiger partial charge in [0.2, 0.25) is 0 Å². The first kappa shape index (κ1) is 12.1. The Balaban J connectivity index is 2.39. The van der Waals surface area contributed by atoms with Crippen molar-refractivity contribution >= 4 is 11.5 Å². The van der Waals surface area contributed by atoms with Crippen LogP contribution in [0.1, 0.15) is 31.1 Å². The number of ketones is 1. The van der Waals surface area contributed by atoms with Gasteiger partial charge in [-0.3, -0.25) is 4.79 Å². The number of anilines is 1. The third-order valence-corrected chi connectivity index (χ3v) is 3.67. The van der Waals surface area contributed by atoms with Crippen molar-refractivity contribution in [3.8, 4) is 0 Å². The lowest BCUT2D eigenvalue weighted by molar-refractivity contribution is 0.101. The SMILES string of the molecule is CC(=O)c1c(F)cccc1N1CC(C)C(C)C1. The van der Waals surface area contributed by atoms with Gasteiger partial charge in [0, 0.05) is 13.1 Å². The Hall–Kier alpha value is -1.38. The number of rotatable bonds is 2. The molecule has 0 aliphatic carbocycles. The number of nitrogens with zero attached hydrogens (tertiary/aromatic N) is 1. The van der Waals surface area contributed by atoms with Crippen LogP contribution < -0.4 is 4.90 Å². The molecule has 1 saturated heterocycles. The zero-order chi connectivity index (χ0) is 12.6. The third-order valence-electron chi connectivity index (χ3n) is 3.67. The summed E-state index contributed by atoms with van der Waals surface area (Å²) in [5.41, 5.74) is 0.975. The van der Waals surface area contributed by atoms with E-state index < -0.39 is 5.82 Å². The van der Waals surface area contributed by atoms with Crippen molar-refractivity contribution in [2.75, 3.05) is 18.0 Å². The summed E-state index contributed by atoms with van der Waals surface area (Å²) in [6.07, 6.45) is 0. The molecule has 1 aromatic rings. The molecule has 2 unspecified atom stereocenters. The molecule has 1 aliphatic heterocycles. The zero-order valence-electron chi connectivity index (χ0n) is 10.5. The Kier molecular flexibility index (Phi) is 3.18. The van der Waals surface area contributed by atoms with Crippen molar-refractivity contribution < 1.29 is 9.18 Å². The molecule has 2 rings (SSSR count). The average molecular weight is 235 g/mol. The Bertz CT molecular complexity index is 434. The Morgan fingerprint density at radius 3 is 2.41 bits per heavy atom. The smallest absolute Gasteiger partial charge is 0.164 e. The molecular formula is C14H18FNO. The highest BCUT2D eigenvalue weighted by molar-refractivity contribution is 6.00. The second kappa shape index (κ2) is 4.47. The fraction of sp³-hybridized carbons (Fsp3) is 0.500. The molecule has 3 heteroatoms. The van der Waals surface area contributed by atoms with Gasteiger partial charge in [0.05, 0.1) is 11.3 Å². The molecule has 1 heterocycles. The highest BCUT2D eigenvalue weighted by Gasteiger charge is 2.28. The Labute approximate surface area is 101 Å². The van der Waals surface area contributed by atoms with Gasteiger partial charge in [0.15, 0.2) is 5.78 Å². The van der Waals surface area contributed by atoms with Gasteiger partial charge >= 0.3 is 0 Å². The number of Topliss-reactive ketones (excluding diaryl/α,β-unsaturated/α-hetero) is 1. The molecule has 1 aromatic carbocycles. The van der Waals surface area contributed by atoms with Gasteiger partial charge in [0.25, 0.3) is 0 Å². The number of carbonyl (C=O) groups is 1. The molecule has 0 spiro atoms. The molecule has 0 bridgehead atoms. The third kappa shape index (κ3) is 2.19. The molecule has 1 aliphatic rings. The molecule has 0 saturated carbocycles. The van der Waals surface area contributed by atoms with Gasteiger partial charge < -0.3 is 4.90 Å². The summed E-state index contributed by atoms with van der Waals surface area (Å²) in [7, 11) is 0. The summed E-state index contributed by atoms with van der Waals surface area (Å²) < 4.78 is 13.7. The first-order valence-electron chi connectivity index (χ1n) is 6.05. The van der Waals surface area contributed by atoms with Crippen LogP contribution in [0.5, 0.6) is 0 Å². The number of halogens is 1. The highest BCUT2D eigenvalue weighted by atomic mass is 19.1. The topological polar surface area (TPSA) is 20.3 Å². The van der Waals surface area contributed by atoms with Crippen molar-refractivity contribution in [1.82, 2.24) is 0 Å². The van der Waals surface area contributed by atoms with E-state index in [4.69, 9.17) is 0 Å². The van der Waals surface area contributed by atoms with Crippen molar-refractivity contribution in [3.63, 3.8) is 0 Å². The maximum Gasteiger partial charge on any atom is 0.164 e. The van der Waals surface area contributed by atoms with E-state index >= 15 is 0 Å². The molecule has 0 radical (unpaired) electrons. The van der Waals surface area contributed by atoms with Gasteiger partial charge in [-0.05, 0) is 30.9 Å². The minimum absolute atomic E-state index is 0.203. The first-order chi connectivity index (χ1) is 8.00. The number of benzene rings is 1. The molecule has 2 atom stereocenters. The highest BCUT2D eigenvalue weighted by Crippen LogP contribution is 2.31. The largest absolute Gasteiger partial charge is 0.370 e. The van der Waals surface area contributed by atoms with Crippen LogP contribution in [0.3, 0.4) is 0 Å². The molecule has 92 valence electrons. The minimum Gasteiger partial charge on any atom is -0.370 e. The second-order valence-electron chi connectivity index (χ2n) is 5.05. The minimum atomic E-state index is -0.415. The van der Waals surface area contributed by atoms with E-state index in [1.54, 1.807) is 6.07 Å². The van der Waals surface area contributed by atoms with Crippen LogP contribution in [0.2, 0.25) is 0 Å². The summed E-state index contributed by atoms with van der Waals surface area (Å²) in [5.74, 6) is 0.545. The van der Waals surface area contributed by atoms with Gasteiger partial charge in [-0.2, -0.15) is 0 Å². The van der Waals surface area contributed by atoms with E-state index in [-0.39, 0.29) is 11.3 Å². The summed E-state index contributed by atoms with van der Waals surface area (Å²) in [6, 6.07) is 4.86. The van der Waals surface area contributed by atoms with Crippen LogP contribution in [0, 0.1) is 17.7 Å². The quantitative estimate of drug-likeness (QED) is 0.734. The molecule has 1 fully saturated rings. The van der Waals surface area contributed by atoms with E-state index in [2.05, 4.69) is 18.7 Å². The van der Waals surface area contributed by atoms with Crippen molar-refractivity contribution in [1.29, 1.82) is 0 Å². The molecule has 0 N–H and O–H groups in total. The lowest BCUT2D eigenvalue weighted by Crippen LogP contribution is -2.22. The summed E-state index contributed by atoms with van der Waals surface area (Å²) in [5, 5.41) is 0. The average Bonchev–Trinajstić information content (AvgIpc) is 2.58. The second-order valence-corrected chi connectivity index (χ2v) is 5.05. The molecular weight excluding hydrogens is 217 g/mol. The van der Waals surface area contributed by atoms with E-state index in [1.807, 2.05) is 6.07 Å². The van der Waals surface area contributed by atoms with Crippen LogP contribution in [0.4, 0.5) is 10.1 Å². The van der Waals surface area contributed by atoms with Gasteiger partial charge in [0.1, 0.15) is 5.82 Å². The van der Waals surface area contributed by atoms with Crippen LogP contribution in [0.15, 0.2) is 18.2 Å². The van der Waals surface area contributed by atoms with Gasteiger partial charge in [-0.15, -0.1) is 0 Å². The normalized spacial score (nSPS) is 24.1. The van der Waals surface area contributed by atoms with E-state index in [9.17, 15) is 9.18 Å². The molecule has 17 heavy (non-hydrogen) atoms. The molecule has 0 amide bonds. The maximum absolute atomic E-state index is 13.7. The standard InChI is InChI=1S/C14H18FNO/c1-9-7-16(8-10(9)2)13-6-4-5-12(15)14(13)11(3)17/h4-6,9-10H,7-8H2,1-3H3.